The molecule has 2 aromatic rings. The second kappa shape index (κ2) is 13.9. The first-order valence-corrected chi connectivity index (χ1v) is 16.1. The Morgan fingerprint density at radius 3 is 2.49 bits per heavy atom. The number of fused-ring (bicyclic) bond motifs is 1. The van der Waals surface area contributed by atoms with Crippen molar-refractivity contribution >= 4 is 27.5 Å². The Morgan fingerprint density at radius 1 is 1.07 bits per heavy atom. The third-order valence-electron chi connectivity index (χ3n) is 7.54. The molecule has 1 fully saturated rings. The number of nitrogens with zero attached hydrogens (tertiary/aromatic N) is 2. The van der Waals surface area contributed by atoms with Crippen molar-refractivity contribution in [2.45, 2.75) is 70.5 Å². The first-order chi connectivity index (χ1) is 19.7. The van der Waals surface area contributed by atoms with E-state index in [-0.39, 0.29) is 43.8 Å². The standard InChI is InChI=1S/C30H41N3O7S/c1-4-26(30(35)31-23-10-5-6-11-23)32(21-22-9-7-12-25(19-22)38-2)29(34)13-8-16-33(41(3,36)37)24-14-15-27-28(20-24)40-18-17-39-27/h7,9,12,14-15,19-20,23,26H,4-6,8,10-11,13,16-18,21H2,1-3H3,(H,31,35)/t26-/m1/s1. The number of hydrogen-bond acceptors (Lipinski definition) is 7. The van der Waals surface area contributed by atoms with E-state index < -0.39 is 16.1 Å². The van der Waals surface area contributed by atoms with E-state index in [0.29, 0.717) is 42.6 Å². The molecule has 224 valence electrons. The van der Waals surface area contributed by atoms with Crippen LogP contribution in [0.15, 0.2) is 42.5 Å². The number of hydrogen-bond donors (Lipinski definition) is 1. The number of carbonyl (C=O) groups is 2. The second-order valence-corrected chi connectivity index (χ2v) is 12.5. The fourth-order valence-corrected chi connectivity index (χ4v) is 6.40. The van der Waals surface area contributed by atoms with Crippen molar-refractivity contribution in [1.82, 2.24) is 10.2 Å². The summed E-state index contributed by atoms with van der Waals surface area (Å²) in [6.07, 6.45) is 6.04. The summed E-state index contributed by atoms with van der Waals surface area (Å²) in [5, 5.41) is 3.15. The predicted octanol–water partition coefficient (Wildman–Crippen LogP) is 3.88. The van der Waals surface area contributed by atoms with Crippen molar-refractivity contribution in [3.05, 3.63) is 48.0 Å². The molecule has 1 heterocycles. The molecule has 11 heteroatoms. The zero-order valence-electron chi connectivity index (χ0n) is 24.1. The number of rotatable bonds is 13. The van der Waals surface area contributed by atoms with Crippen LogP contribution in [0.3, 0.4) is 0 Å². The molecule has 1 saturated carbocycles. The van der Waals surface area contributed by atoms with Crippen molar-refractivity contribution in [2.75, 3.05) is 37.4 Å². The lowest BCUT2D eigenvalue weighted by molar-refractivity contribution is -0.141. The van der Waals surface area contributed by atoms with Crippen molar-refractivity contribution in [2.24, 2.45) is 0 Å². The minimum absolute atomic E-state index is 0.0771. The van der Waals surface area contributed by atoms with Gasteiger partial charge in [0.15, 0.2) is 11.5 Å². The van der Waals surface area contributed by atoms with Crippen molar-refractivity contribution in [1.29, 1.82) is 0 Å². The molecule has 2 aliphatic rings. The minimum Gasteiger partial charge on any atom is -0.497 e. The molecule has 0 radical (unpaired) electrons. The van der Waals surface area contributed by atoms with E-state index in [1.165, 1.54) is 4.31 Å². The van der Waals surface area contributed by atoms with Gasteiger partial charge in [0.05, 0.1) is 19.1 Å². The highest BCUT2D eigenvalue weighted by atomic mass is 32.2. The first-order valence-electron chi connectivity index (χ1n) is 14.3. The van der Waals surface area contributed by atoms with E-state index in [9.17, 15) is 18.0 Å². The molecule has 2 aromatic carbocycles. The van der Waals surface area contributed by atoms with Gasteiger partial charge in [-0.2, -0.15) is 0 Å². The fourth-order valence-electron chi connectivity index (χ4n) is 5.45. The van der Waals surface area contributed by atoms with Crippen LogP contribution < -0.4 is 23.8 Å². The number of amides is 2. The molecule has 1 N–H and O–H groups in total. The second-order valence-electron chi connectivity index (χ2n) is 10.6. The fraction of sp³-hybridized carbons (Fsp3) is 0.533. The molecule has 1 atom stereocenters. The average Bonchev–Trinajstić information content (AvgIpc) is 3.47. The number of benzene rings is 2. The van der Waals surface area contributed by atoms with Gasteiger partial charge in [0, 0.05) is 31.6 Å². The van der Waals surface area contributed by atoms with Crippen LogP contribution in [0, 0.1) is 0 Å². The first kappa shape index (κ1) is 30.5. The third-order valence-corrected chi connectivity index (χ3v) is 8.73. The van der Waals surface area contributed by atoms with E-state index >= 15 is 0 Å². The Bertz CT molecular complexity index is 1310. The molecule has 0 aromatic heterocycles. The lowest BCUT2D eigenvalue weighted by atomic mass is 10.1. The van der Waals surface area contributed by atoms with Gasteiger partial charge in [-0.1, -0.05) is 31.9 Å². The quantitative estimate of drug-likeness (QED) is 0.378. The van der Waals surface area contributed by atoms with Crippen LogP contribution in [0.25, 0.3) is 0 Å². The molecular formula is C30H41N3O7S. The monoisotopic (exact) mass is 587 g/mol. The summed E-state index contributed by atoms with van der Waals surface area (Å²) in [5.41, 5.74) is 1.29. The van der Waals surface area contributed by atoms with Gasteiger partial charge in [0.1, 0.15) is 25.0 Å². The van der Waals surface area contributed by atoms with Crippen molar-refractivity contribution < 1.29 is 32.2 Å². The van der Waals surface area contributed by atoms with E-state index in [4.69, 9.17) is 14.2 Å². The van der Waals surface area contributed by atoms with Crippen molar-refractivity contribution in [3.8, 4) is 17.2 Å². The highest BCUT2D eigenvalue weighted by molar-refractivity contribution is 7.92. The molecule has 4 rings (SSSR count). The van der Waals surface area contributed by atoms with Crippen LogP contribution in [0.1, 0.15) is 57.4 Å². The molecular weight excluding hydrogens is 546 g/mol. The molecule has 0 saturated heterocycles. The van der Waals surface area contributed by atoms with Crippen LogP contribution in [0.4, 0.5) is 5.69 Å². The molecule has 1 aliphatic heterocycles. The van der Waals surface area contributed by atoms with Gasteiger partial charge < -0.3 is 24.4 Å². The van der Waals surface area contributed by atoms with Crippen LogP contribution in [0.5, 0.6) is 17.2 Å². The lowest BCUT2D eigenvalue weighted by Crippen LogP contribution is -2.51. The highest BCUT2D eigenvalue weighted by Gasteiger charge is 2.31. The molecule has 2 amide bonds. The van der Waals surface area contributed by atoms with Gasteiger partial charge in [0.2, 0.25) is 21.8 Å². The Kier molecular flexibility index (Phi) is 10.4. The molecule has 41 heavy (non-hydrogen) atoms. The summed E-state index contributed by atoms with van der Waals surface area (Å²) in [4.78, 5) is 28.7. The number of sulfonamides is 1. The molecule has 0 unspecified atom stereocenters. The van der Waals surface area contributed by atoms with Crippen LogP contribution >= 0.6 is 0 Å². The van der Waals surface area contributed by atoms with Gasteiger partial charge in [-0.3, -0.25) is 13.9 Å². The number of ether oxygens (including phenoxy) is 3. The number of carbonyl (C=O) groups excluding carboxylic acids is 2. The molecule has 0 spiro atoms. The van der Waals surface area contributed by atoms with Gasteiger partial charge in [-0.05, 0) is 55.5 Å². The van der Waals surface area contributed by atoms with Gasteiger partial charge in [-0.15, -0.1) is 0 Å². The summed E-state index contributed by atoms with van der Waals surface area (Å²) in [6.45, 7) is 3.07. The van der Waals surface area contributed by atoms with E-state index in [1.54, 1.807) is 30.2 Å². The van der Waals surface area contributed by atoms with Crippen LogP contribution in [-0.4, -0.2) is 70.3 Å². The predicted molar refractivity (Wildman–Crippen MR) is 157 cm³/mol. The van der Waals surface area contributed by atoms with Gasteiger partial charge >= 0.3 is 0 Å². The van der Waals surface area contributed by atoms with Crippen LogP contribution in [0.2, 0.25) is 0 Å². The van der Waals surface area contributed by atoms with E-state index in [1.807, 2.05) is 31.2 Å². The van der Waals surface area contributed by atoms with Crippen molar-refractivity contribution in [3.63, 3.8) is 0 Å². The van der Waals surface area contributed by atoms with E-state index in [2.05, 4.69) is 5.32 Å². The lowest BCUT2D eigenvalue weighted by Gasteiger charge is -2.32. The average molecular weight is 588 g/mol. The summed E-state index contributed by atoms with van der Waals surface area (Å²) in [5.74, 6) is 1.36. The smallest absolute Gasteiger partial charge is 0.243 e. The third kappa shape index (κ3) is 8.06. The van der Waals surface area contributed by atoms with E-state index in [0.717, 1.165) is 37.5 Å². The Hall–Kier alpha value is -3.47. The normalized spacial score (nSPS) is 15.7. The Balaban J connectivity index is 1.49. The molecule has 10 nitrogen and oxygen atoms in total. The summed E-state index contributed by atoms with van der Waals surface area (Å²) in [7, 11) is -2.05. The zero-order valence-corrected chi connectivity index (χ0v) is 25.0. The molecule has 1 aliphatic carbocycles. The highest BCUT2D eigenvalue weighted by Crippen LogP contribution is 2.35. The number of anilines is 1. The maximum Gasteiger partial charge on any atom is 0.243 e. The number of nitrogens with one attached hydrogen (secondary N) is 1. The zero-order chi connectivity index (χ0) is 29.4. The summed E-state index contributed by atoms with van der Waals surface area (Å²) < 4.78 is 43.2. The molecule has 0 bridgehead atoms. The number of methoxy groups -OCH3 is 1. The van der Waals surface area contributed by atoms with Gasteiger partial charge in [-0.25, -0.2) is 8.42 Å². The van der Waals surface area contributed by atoms with Crippen LogP contribution in [-0.2, 0) is 26.2 Å². The SMILES string of the molecule is CC[C@H](C(=O)NC1CCCC1)N(Cc1cccc(OC)c1)C(=O)CCCN(c1ccc2c(c1)OCCO2)S(C)(=O)=O. The summed E-state index contributed by atoms with van der Waals surface area (Å²) in [6, 6.07) is 12.0. The minimum atomic E-state index is -3.63. The van der Waals surface area contributed by atoms with Gasteiger partial charge in [0.25, 0.3) is 0 Å². The largest absolute Gasteiger partial charge is 0.497 e. The Labute approximate surface area is 243 Å². The summed E-state index contributed by atoms with van der Waals surface area (Å²) >= 11 is 0. The topological polar surface area (TPSA) is 114 Å². The maximum absolute atomic E-state index is 13.7. The maximum atomic E-state index is 13.7. The Morgan fingerprint density at radius 2 is 1.80 bits per heavy atom.